The van der Waals surface area contributed by atoms with Crippen molar-refractivity contribution < 1.29 is 14.2 Å². The number of ether oxygens (including phenoxy) is 3. The van der Waals surface area contributed by atoms with Crippen molar-refractivity contribution in [3.05, 3.63) is 72.3 Å². The fraction of sp³-hybridized carbons (Fsp3) is 0.261. The van der Waals surface area contributed by atoms with Gasteiger partial charge in [0.05, 0.1) is 12.1 Å². The summed E-state index contributed by atoms with van der Waals surface area (Å²) in [5.74, 6) is 1.63. The van der Waals surface area contributed by atoms with E-state index in [-0.39, 0.29) is 6.10 Å². The summed E-state index contributed by atoms with van der Waals surface area (Å²) in [5.41, 5.74) is 5.20. The zero-order chi connectivity index (χ0) is 20.6. The Bertz CT molecular complexity index is 1230. The van der Waals surface area contributed by atoms with E-state index in [0.29, 0.717) is 13.4 Å². The first-order valence-corrected chi connectivity index (χ1v) is 10.3. The summed E-state index contributed by atoms with van der Waals surface area (Å²) < 4.78 is 18.8. The van der Waals surface area contributed by atoms with Crippen molar-refractivity contribution in [2.45, 2.75) is 12.6 Å². The van der Waals surface area contributed by atoms with Gasteiger partial charge in [0.15, 0.2) is 11.5 Å². The van der Waals surface area contributed by atoms with Gasteiger partial charge in [0.1, 0.15) is 11.8 Å². The van der Waals surface area contributed by atoms with Crippen LogP contribution in [0, 0.1) is 0 Å². The second kappa shape index (κ2) is 7.64. The van der Waals surface area contributed by atoms with Crippen LogP contribution in [0.25, 0.3) is 16.6 Å². The first-order chi connectivity index (χ1) is 15.3. The number of hydrogen-bond donors (Lipinski definition) is 0. The van der Waals surface area contributed by atoms with Crippen LogP contribution >= 0.6 is 0 Å². The molecule has 1 fully saturated rings. The van der Waals surface area contributed by atoms with E-state index in [1.54, 1.807) is 12.4 Å². The van der Waals surface area contributed by atoms with Crippen molar-refractivity contribution in [3.63, 3.8) is 0 Å². The minimum Gasteiger partial charge on any atom is -0.454 e. The molecule has 2 aliphatic heterocycles. The topological polar surface area (TPSA) is 74.0 Å². The predicted octanol–water partition coefficient (Wildman–Crippen LogP) is 3.09. The van der Waals surface area contributed by atoms with Crippen LogP contribution in [0.3, 0.4) is 0 Å². The summed E-state index contributed by atoms with van der Waals surface area (Å²) in [6.07, 6.45) is 5.45. The van der Waals surface area contributed by atoms with E-state index >= 15 is 0 Å². The van der Waals surface area contributed by atoms with E-state index in [1.807, 2.05) is 28.9 Å². The Morgan fingerprint density at radius 2 is 1.87 bits per heavy atom. The number of aromatic nitrogens is 4. The largest absolute Gasteiger partial charge is 0.454 e. The molecule has 0 unspecified atom stereocenters. The molecule has 0 spiro atoms. The monoisotopic (exact) mass is 415 g/mol. The normalized spacial score (nSPS) is 18.5. The summed E-state index contributed by atoms with van der Waals surface area (Å²) in [4.78, 5) is 6.46. The lowest BCUT2D eigenvalue weighted by Crippen LogP contribution is -2.38. The molecule has 1 aromatic carbocycles. The number of pyridine rings is 2. The Labute approximate surface area is 179 Å². The Hall–Kier alpha value is -3.49. The summed E-state index contributed by atoms with van der Waals surface area (Å²) >= 11 is 0. The first-order valence-electron chi connectivity index (χ1n) is 10.3. The molecule has 2 aliphatic rings. The first kappa shape index (κ1) is 18.3. The van der Waals surface area contributed by atoms with Gasteiger partial charge in [0.25, 0.3) is 0 Å². The lowest BCUT2D eigenvalue weighted by Gasteiger charge is -2.32. The molecule has 156 valence electrons. The number of benzene rings is 1. The highest BCUT2D eigenvalue weighted by molar-refractivity contribution is 5.65. The summed E-state index contributed by atoms with van der Waals surface area (Å²) in [5, 5.41) is 8.81. The van der Waals surface area contributed by atoms with Gasteiger partial charge >= 0.3 is 0 Å². The van der Waals surface area contributed by atoms with Crippen LogP contribution < -0.4 is 9.47 Å². The molecule has 3 aromatic heterocycles. The molecule has 8 heteroatoms. The number of rotatable bonds is 4. The molecule has 0 N–H and O–H groups in total. The van der Waals surface area contributed by atoms with E-state index in [9.17, 15) is 0 Å². The summed E-state index contributed by atoms with van der Waals surface area (Å²) in [6, 6.07) is 14.2. The molecule has 0 aliphatic carbocycles. The third-order valence-corrected chi connectivity index (χ3v) is 5.75. The van der Waals surface area contributed by atoms with Crippen molar-refractivity contribution in [1.29, 1.82) is 0 Å². The van der Waals surface area contributed by atoms with Gasteiger partial charge in [-0.3, -0.25) is 9.88 Å². The summed E-state index contributed by atoms with van der Waals surface area (Å²) in [6.45, 7) is 3.40. The van der Waals surface area contributed by atoms with E-state index < -0.39 is 0 Å². The molecule has 4 aromatic rings. The van der Waals surface area contributed by atoms with E-state index in [4.69, 9.17) is 14.2 Å². The van der Waals surface area contributed by atoms with Crippen LogP contribution in [-0.2, 0) is 11.3 Å². The van der Waals surface area contributed by atoms with Gasteiger partial charge in [-0.15, -0.1) is 5.10 Å². The highest BCUT2D eigenvalue weighted by Gasteiger charge is 2.26. The molecular weight excluding hydrogens is 394 g/mol. The fourth-order valence-corrected chi connectivity index (χ4v) is 4.17. The highest BCUT2D eigenvalue weighted by atomic mass is 16.7. The van der Waals surface area contributed by atoms with E-state index in [0.717, 1.165) is 53.5 Å². The molecule has 1 atom stereocenters. The summed E-state index contributed by atoms with van der Waals surface area (Å²) in [7, 11) is 0. The van der Waals surface area contributed by atoms with Crippen molar-refractivity contribution in [2.24, 2.45) is 0 Å². The zero-order valence-electron chi connectivity index (χ0n) is 16.8. The Kier molecular flexibility index (Phi) is 4.51. The molecule has 0 saturated carbocycles. The maximum absolute atomic E-state index is 6.08. The molecule has 0 amide bonds. The molecule has 5 heterocycles. The standard InChI is InChI=1S/C23H21N5O3/c1-4-20-21(31-15-30-20)11-16(1)12-27-9-10-29-22(14-27)23-19-3-2-18(13-28(19)26-25-23)17-5-7-24-8-6-17/h1-8,11,13,22H,9-10,12,14-15H2/t22-/m0/s1. The lowest BCUT2D eigenvalue weighted by molar-refractivity contribution is -0.0343. The van der Waals surface area contributed by atoms with E-state index in [1.165, 1.54) is 5.56 Å². The van der Waals surface area contributed by atoms with Gasteiger partial charge in [0, 0.05) is 43.8 Å². The number of morpholine rings is 1. The Balaban J connectivity index is 1.21. The van der Waals surface area contributed by atoms with Crippen molar-refractivity contribution in [3.8, 4) is 22.6 Å². The molecular formula is C23H21N5O3. The zero-order valence-corrected chi connectivity index (χ0v) is 16.8. The number of fused-ring (bicyclic) bond motifs is 2. The minimum atomic E-state index is -0.118. The van der Waals surface area contributed by atoms with Gasteiger partial charge in [-0.2, -0.15) is 0 Å². The van der Waals surface area contributed by atoms with Crippen LogP contribution in [0.2, 0.25) is 0 Å². The van der Waals surface area contributed by atoms with Crippen molar-refractivity contribution >= 4 is 5.52 Å². The van der Waals surface area contributed by atoms with E-state index in [2.05, 4.69) is 44.5 Å². The third kappa shape index (κ3) is 3.49. The molecule has 8 nitrogen and oxygen atoms in total. The lowest BCUT2D eigenvalue weighted by atomic mass is 10.1. The predicted molar refractivity (Wildman–Crippen MR) is 113 cm³/mol. The van der Waals surface area contributed by atoms with Crippen LogP contribution in [0.15, 0.2) is 61.1 Å². The SMILES string of the molecule is c1cc(-c2ccc3c([C@@H]4CN(Cc5ccc6c(c5)OCO6)CCO4)nnn3c2)ccn1. The van der Waals surface area contributed by atoms with Crippen LogP contribution in [0.1, 0.15) is 17.4 Å². The van der Waals surface area contributed by atoms with Gasteiger partial charge in [-0.1, -0.05) is 17.3 Å². The average Bonchev–Trinajstić information content (AvgIpc) is 3.46. The smallest absolute Gasteiger partial charge is 0.231 e. The van der Waals surface area contributed by atoms with Gasteiger partial charge in [-0.25, -0.2) is 4.52 Å². The second-order valence-electron chi connectivity index (χ2n) is 7.74. The Morgan fingerprint density at radius 3 is 2.81 bits per heavy atom. The quantitative estimate of drug-likeness (QED) is 0.507. The number of nitrogens with zero attached hydrogens (tertiary/aromatic N) is 5. The highest BCUT2D eigenvalue weighted by Crippen LogP contribution is 2.33. The number of hydrogen-bond acceptors (Lipinski definition) is 7. The fourth-order valence-electron chi connectivity index (χ4n) is 4.17. The van der Waals surface area contributed by atoms with Crippen molar-refractivity contribution in [1.82, 2.24) is 24.7 Å². The maximum atomic E-state index is 6.08. The van der Waals surface area contributed by atoms with Gasteiger partial charge < -0.3 is 14.2 Å². The Morgan fingerprint density at radius 1 is 0.968 bits per heavy atom. The molecule has 31 heavy (non-hydrogen) atoms. The third-order valence-electron chi connectivity index (χ3n) is 5.75. The van der Waals surface area contributed by atoms with Gasteiger partial charge in [-0.05, 0) is 41.5 Å². The van der Waals surface area contributed by atoms with Crippen molar-refractivity contribution in [2.75, 3.05) is 26.5 Å². The minimum absolute atomic E-state index is 0.118. The molecule has 6 rings (SSSR count). The van der Waals surface area contributed by atoms with Crippen LogP contribution in [0.4, 0.5) is 0 Å². The maximum Gasteiger partial charge on any atom is 0.231 e. The van der Waals surface area contributed by atoms with Gasteiger partial charge in [0.2, 0.25) is 6.79 Å². The molecule has 0 bridgehead atoms. The molecule has 1 saturated heterocycles. The second-order valence-corrected chi connectivity index (χ2v) is 7.74. The average molecular weight is 415 g/mol. The van der Waals surface area contributed by atoms with Crippen LogP contribution in [-0.4, -0.2) is 51.2 Å². The molecule has 0 radical (unpaired) electrons. The van der Waals surface area contributed by atoms with Crippen LogP contribution in [0.5, 0.6) is 11.5 Å².